The molecule has 1 aromatic carbocycles. The van der Waals surface area contributed by atoms with Crippen LogP contribution in [0.3, 0.4) is 0 Å². The molecule has 0 unspecified atom stereocenters. The molecule has 5 heteroatoms. The number of methoxy groups -OCH3 is 1. The molecule has 3 rings (SSSR count). The van der Waals surface area contributed by atoms with Gasteiger partial charge in [-0.25, -0.2) is 9.97 Å². The number of aryl methyl sites for hydroxylation is 1. The lowest BCUT2D eigenvalue weighted by atomic mass is 10.1. The SMILES string of the molecule is COc1ccc(-c2cnc(N3CCNCC3)nc2C)cc1. The number of rotatable bonds is 3. The molecule has 0 bridgehead atoms. The molecule has 0 amide bonds. The van der Waals surface area contributed by atoms with Gasteiger partial charge in [0.1, 0.15) is 5.75 Å². The molecule has 21 heavy (non-hydrogen) atoms. The fourth-order valence-electron chi connectivity index (χ4n) is 2.53. The van der Waals surface area contributed by atoms with Gasteiger partial charge in [-0.1, -0.05) is 12.1 Å². The summed E-state index contributed by atoms with van der Waals surface area (Å²) in [5.41, 5.74) is 3.18. The van der Waals surface area contributed by atoms with Gasteiger partial charge in [0.15, 0.2) is 0 Å². The standard InChI is InChI=1S/C16H20N4O/c1-12-15(13-3-5-14(21-2)6-4-13)11-18-16(19-12)20-9-7-17-8-10-20/h3-6,11,17H,7-10H2,1-2H3. The molecule has 2 heterocycles. The lowest BCUT2D eigenvalue weighted by molar-refractivity contribution is 0.415. The van der Waals surface area contributed by atoms with Gasteiger partial charge in [-0.3, -0.25) is 0 Å². The lowest BCUT2D eigenvalue weighted by Gasteiger charge is -2.27. The Morgan fingerprint density at radius 1 is 1.14 bits per heavy atom. The van der Waals surface area contributed by atoms with Crippen LogP contribution in [0.25, 0.3) is 11.1 Å². The van der Waals surface area contributed by atoms with E-state index in [0.717, 1.165) is 54.7 Å². The van der Waals surface area contributed by atoms with Gasteiger partial charge in [0.25, 0.3) is 0 Å². The van der Waals surface area contributed by atoms with Gasteiger partial charge in [-0.15, -0.1) is 0 Å². The zero-order valence-electron chi connectivity index (χ0n) is 12.5. The molecular weight excluding hydrogens is 264 g/mol. The van der Waals surface area contributed by atoms with Gasteiger partial charge in [-0.2, -0.15) is 0 Å². The van der Waals surface area contributed by atoms with Crippen LogP contribution in [0, 0.1) is 6.92 Å². The van der Waals surface area contributed by atoms with Crippen molar-refractivity contribution < 1.29 is 4.74 Å². The van der Waals surface area contributed by atoms with Gasteiger partial charge in [0, 0.05) is 37.9 Å². The number of nitrogens with zero attached hydrogens (tertiary/aromatic N) is 3. The maximum Gasteiger partial charge on any atom is 0.225 e. The number of benzene rings is 1. The van der Waals surface area contributed by atoms with Crippen molar-refractivity contribution in [2.24, 2.45) is 0 Å². The summed E-state index contributed by atoms with van der Waals surface area (Å²) in [7, 11) is 1.67. The van der Waals surface area contributed by atoms with Crippen molar-refractivity contribution in [2.45, 2.75) is 6.92 Å². The Morgan fingerprint density at radius 3 is 2.48 bits per heavy atom. The fraction of sp³-hybridized carbons (Fsp3) is 0.375. The third-order valence-electron chi connectivity index (χ3n) is 3.77. The highest BCUT2D eigenvalue weighted by molar-refractivity contribution is 5.66. The average molecular weight is 284 g/mol. The molecule has 1 N–H and O–H groups in total. The first-order valence-electron chi connectivity index (χ1n) is 7.21. The van der Waals surface area contributed by atoms with Gasteiger partial charge in [0.2, 0.25) is 5.95 Å². The minimum absolute atomic E-state index is 0.825. The van der Waals surface area contributed by atoms with Crippen molar-refractivity contribution in [3.05, 3.63) is 36.2 Å². The van der Waals surface area contributed by atoms with Crippen molar-refractivity contribution in [3.63, 3.8) is 0 Å². The van der Waals surface area contributed by atoms with Gasteiger partial charge in [-0.05, 0) is 24.6 Å². The molecule has 1 aromatic heterocycles. The zero-order valence-corrected chi connectivity index (χ0v) is 12.5. The Labute approximate surface area is 125 Å². The first-order valence-corrected chi connectivity index (χ1v) is 7.21. The second-order valence-corrected chi connectivity index (χ2v) is 5.13. The third-order valence-corrected chi connectivity index (χ3v) is 3.77. The summed E-state index contributed by atoms with van der Waals surface area (Å²) in [6.45, 7) is 5.93. The van der Waals surface area contributed by atoms with Crippen molar-refractivity contribution in [1.29, 1.82) is 0 Å². The van der Waals surface area contributed by atoms with E-state index in [1.807, 2.05) is 37.4 Å². The molecule has 2 aromatic rings. The molecule has 5 nitrogen and oxygen atoms in total. The van der Waals surface area contributed by atoms with E-state index < -0.39 is 0 Å². The van der Waals surface area contributed by atoms with Crippen molar-refractivity contribution in [3.8, 4) is 16.9 Å². The number of ether oxygens (including phenoxy) is 1. The first-order chi connectivity index (χ1) is 10.3. The van der Waals surface area contributed by atoms with Crippen LogP contribution in [-0.2, 0) is 0 Å². The van der Waals surface area contributed by atoms with Crippen LogP contribution in [-0.4, -0.2) is 43.3 Å². The molecule has 0 saturated carbocycles. The summed E-state index contributed by atoms with van der Waals surface area (Å²) in [5.74, 6) is 1.68. The topological polar surface area (TPSA) is 50.3 Å². The summed E-state index contributed by atoms with van der Waals surface area (Å²) >= 11 is 0. The van der Waals surface area contributed by atoms with Gasteiger partial charge < -0.3 is 15.0 Å². The van der Waals surface area contributed by atoms with Crippen molar-refractivity contribution in [1.82, 2.24) is 15.3 Å². The minimum atomic E-state index is 0.825. The van der Waals surface area contributed by atoms with Crippen molar-refractivity contribution >= 4 is 5.95 Å². The minimum Gasteiger partial charge on any atom is -0.497 e. The number of hydrogen-bond acceptors (Lipinski definition) is 5. The van der Waals surface area contributed by atoms with E-state index in [0.29, 0.717) is 0 Å². The molecule has 0 spiro atoms. The summed E-state index contributed by atoms with van der Waals surface area (Å²) in [4.78, 5) is 11.4. The highest BCUT2D eigenvalue weighted by Crippen LogP contribution is 2.25. The fourth-order valence-corrected chi connectivity index (χ4v) is 2.53. The number of nitrogens with one attached hydrogen (secondary N) is 1. The summed E-state index contributed by atoms with van der Waals surface area (Å²) in [6.07, 6.45) is 1.92. The Kier molecular flexibility index (Phi) is 4.01. The second-order valence-electron chi connectivity index (χ2n) is 5.13. The van der Waals surface area contributed by atoms with Crippen LogP contribution in [0.15, 0.2) is 30.5 Å². The monoisotopic (exact) mass is 284 g/mol. The zero-order chi connectivity index (χ0) is 14.7. The Balaban J connectivity index is 1.86. The quantitative estimate of drug-likeness (QED) is 0.932. The molecule has 1 aliphatic rings. The van der Waals surface area contributed by atoms with E-state index in [9.17, 15) is 0 Å². The average Bonchev–Trinajstić information content (AvgIpc) is 2.56. The second kappa shape index (κ2) is 6.10. The predicted octanol–water partition coefficient (Wildman–Crippen LogP) is 1.87. The molecule has 1 saturated heterocycles. The van der Waals surface area contributed by atoms with E-state index in [1.165, 1.54) is 0 Å². The smallest absolute Gasteiger partial charge is 0.225 e. The van der Waals surface area contributed by atoms with E-state index in [1.54, 1.807) is 7.11 Å². The predicted molar refractivity (Wildman–Crippen MR) is 83.8 cm³/mol. The highest BCUT2D eigenvalue weighted by atomic mass is 16.5. The molecule has 110 valence electrons. The molecule has 0 aliphatic carbocycles. The molecule has 0 radical (unpaired) electrons. The van der Waals surface area contributed by atoms with Crippen LogP contribution in [0.1, 0.15) is 5.69 Å². The molecule has 1 aliphatic heterocycles. The number of hydrogen-bond donors (Lipinski definition) is 1. The van der Waals surface area contributed by atoms with Gasteiger partial charge >= 0.3 is 0 Å². The highest BCUT2D eigenvalue weighted by Gasteiger charge is 2.14. The maximum absolute atomic E-state index is 5.19. The number of piperazine rings is 1. The lowest BCUT2D eigenvalue weighted by Crippen LogP contribution is -2.44. The van der Waals surface area contributed by atoms with E-state index in [4.69, 9.17) is 4.74 Å². The van der Waals surface area contributed by atoms with Crippen LogP contribution in [0.2, 0.25) is 0 Å². The number of anilines is 1. The summed E-state index contributed by atoms with van der Waals surface area (Å²) in [5, 5.41) is 3.34. The Morgan fingerprint density at radius 2 is 1.86 bits per heavy atom. The molecule has 1 fully saturated rings. The summed E-state index contributed by atoms with van der Waals surface area (Å²) < 4.78 is 5.19. The first kappa shape index (κ1) is 13.8. The van der Waals surface area contributed by atoms with Crippen molar-refractivity contribution in [2.75, 3.05) is 38.2 Å². The Bertz CT molecular complexity index is 606. The third kappa shape index (κ3) is 2.97. The number of aromatic nitrogens is 2. The summed E-state index contributed by atoms with van der Waals surface area (Å²) in [6, 6.07) is 7.99. The van der Waals surface area contributed by atoms with E-state index in [-0.39, 0.29) is 0 Å². The molecular formula is C16H20N4O. The normalized spacial score (nSPS) is 15.0. The Hall–Kier alpha value is -2.14. The maximum atomic E-state index is 5.19. The van der Waals surface area contributed by atoms with Crippen LogP contribution >= 0.6 is 0 Å². The van der Waals surface area contributed by atoms with Gasteiger partial charge in [0.05, 0.1) is 12.8 Å². The largest absolute Gasteiger partial charge is 0.497 e. The van der Waals surface area contributed by atoms with E-state index >= 15 is 0 Å². The van der Waals surface area contributed by atoms with Crippen LogP contribution in [0.5, 0.6) is 5.75 Å². The van der Waals surface area contributed by atoms with Crippen LogP contribution < -0.4 is 15.0 Å². The van der Waals surface area contributed by atoms with E-state index in [2.05, 4.69) is 20.2 Å². The van der Waals surface area contributed by atoms with Crippen LogP contribution in [0.4, 0.5) is 5.95 Å². The molecule has 0 atom stereocenters.